The largest absolute Gasteiger partial charge is 2.00 e. The van der Waals surface area contributed by atoms with Gasteiger partial charge in [-0.1, -0.05) is 0 Å². The van der Waals surface area contributed by atoms with Crippen LogP contribution in [-0.2, 0) is 0 Å². The van der Waals surface area contributed by atoms with Gasteiger partial charge in [0.1, 0.15) is 0 Å². The molecule has 0 saturated heterocycles. The third kappa shape index (κ3) is 221. The van der Waals surface area contributed by atoms with Gasteiger partial charge in [0.2, 0.25) is 0 Å². The Labute approximate surface area is 66.2 Å². The Kier molecular flexibility index (Phi) is 23100. The van der Waals surface area contributed by atoms with Gasteiger partial charge in [0.15, 0.2) is 0 Å². The average molecular weight is 153 g/mol. The van der Waals surface area contributed by atoms with Crippen LogP contribution in [0.5, 0.6) is 0 Å². The molecule has 0 aromatic rings. The van der Waals surface area contributed by atoms with E-state index in [0.717, 1.165) is 0 Å². The second-order valence-electron chi connectivity index (χ2n) is 0. The molecule has 52 valence electrons. The third-order valence-electron chi connectivity index (χ3n) is 0. The molecular formula is H13ClMgO5. The van der Waals surface area contributed by atoms with Crippen LogP contribution in [0.15, 0.2) is 0 Å². The summed E-state index contributed by atoms with van der Waals surface area (Å²) in [6.45, 7) is 0. The zero-order chi connectivity index (χ0) is 0. The van der Waals surface area contributed by atoms with Gasteiger partial charge in [-0.05, 0) is 0 Å². The first-order valence-electron chi connectivity index (χ1n) is 0. The molecule has 0 bridgehead atoms. The summed E-state index contributed by atoms with van der Waals surface area (Å²) in [5.74, 6) is 0. The Morgan fingerprint density at radius 3 is 0.571 bits per heavy atom. The van der Waals surface area contributed by atoms with E-state index in [1.54, 1.807) is 0 Å². The van der Waals surface area contributed by atoms with E-state index in [-0.39, 0.29) is 65.7 Å². The number of hydrogen-bond acceptors (Lipinski definition) is 0. The molecule has 0 atom stereocenters. The summed E-state index contributed by atoms with van der Waals surface area (Å²) >= 11 is 0. The van der Waals surface area contributed by atoms with Crippen molar-refractivity contribution in [3.05, 3.63) is 0 Å². The Balaban J connectivity index is 0. The smallest absolute Gasteiger partial charge is 1.00 e. The molecule has 0 fully saturated rings. The maximum Gasteiger partial charge on any atom is 2.00 e. The van der Waals surface area contributed by atoms with Crippen molar-refractivity contribution in [1.82, 2.24) is 0 Å². The quantitative estimate of drug-likeness (QED) is 0.312. The van der Waals surface area contributed by atoms with Crippen molar-refractivity contribution in [2.75, 3.05) is 0 Å². The molecule has 0 spiro atoms. The van der Waals surface area contributed by atoms with E-state index in [1.807, 2.05) is 0 Å². The number of hydrogen-bond donors (Lipinski definition) is 0. The van der Waals surface area contributed by atoms with Crippen LogP contribution in [0.25, 0.3) is 0 Å². The normalized spacial score (nSPS) is 0. The van der Waals surface area contributed by atoms with Crippen molar-refractivity contribution in [2.24, 2.45) is 0 Å². The zero-order valence-corrected chi connectivity index (χ0v) is 5.85. The maximum atomic E-state index is 0. The molecule has 0 aromatic carbocycles. The van der Waals surface area contributed by atoms with Gasteiger partial charge in [0.25, 0.3) is 0 Å². The van der Waals surface area contributed by atoms with E-state index in [4.69, 9.17) is 0 Å². The van der Waals surface area contributed by atoms with E-state index in [0.29, 0.717) is 0 Å². The fraction of sp³-hybridized carbons (Fsp3) is 0. The van der Waals surface area contributed by atoms with Gasteiger partial charge >= 0.3 is 23.1 Å². The van der Waals surface area contributed by atoms with E-state index in [2.05, 4.69) is 0 Å². The van der Waals surface area contributed by atoms with Crippen molar-refractivity contribution >= 4 is 35.5 Å². The predicted octanol–water partition coefficient (Wildman–Crippen LogP) is -3.86. The molecule has 7 heavy (non-hydrogen) atoms. The summed E-state index contributed by atoms with van der Waals surface area (Å²) in [6, 6.07) is 0. The van der Waals surface area contributed by atoms with Gasteiger partial charge in [0, 0.05) is 0 Å². The predicted molar refractivity (Wildman–Crippen MR) is 33.3 cm³/mol. The first-order chi connectivity index (χ1) is 0. The van der Waals surface area contributed by atoms with E-state index < -0.39 is 0 Å². The molecular weight excluding hydrogens is 140 g/mol. The minimum Gasteiger partial charge on any atom is -1.00 e. The molecule has 0 radical (unpaired) electrons. The summed E-state index contributed by atoms with van der Waals surface area (Å²) in [5.41, 5.74) is 0. The zero-order valence-electron chi connectivity index (χ0n) is 5.62. The molecule has 0 unspecified atom stereocenters. The van der Waals surface area contributed by atoms with Gasteiger partial charge in [-0.2, -0.15) is 0 Å². The summed E-state index contributed by atoms with van der Waals surface area (Å²) in [7, 11) is 0. The minimum absolute atomic E-state index is 0. The van der Waals surface area contributed by atoms with Crippen LogP contribution >= 0.6 is 12.4 Å². The van der Waals surface area contributed by atoms with Crippen LogP contribution in [0.3, 0.4) is 0 Å². The maximum absolute atomic E-state index is 0. The summed E-state index contributed by atoms with van der Waals surface area (Å²) in [4.78, 5) is 0. The molecule has 0 aromatic heterocycles. The van der Waals surface area contributed by atoms with Crippen molar-refractivity contribution in [3.8, 4) is 0 Å². The molecule has 0 amide bonds. The van der Waals surface area contributed by atoms with Crippen LogP contribution in [0.1, 0.15) is 2.85 Å². The van der Waals surface area contributed by atoms with Crippen LogP contribution in [0.4, 0.5) is 0 Å². The van der Waals surface area contributed by atoms with Gasteiger partial charge < -0.3 is 30.2 Å². The molecule has 0 aliphatic rings. The molecule has 10 N–H and O–H groups in total. The molecule has 7 heteroatoms. The van der Waals surface area contributed by atoms with Crippen molar-refractivity contribution in [1.29, 1.82) is 0 Å². The van der Waals surface area contributed by atoms with E-state index in [1.165, 1.54) is 0 Å². The number of halogens is 1. The molecule has 0 saturated carbocycles. The molecule has 0 rings (SSSR count). The summed E-state index contributed by atoms with van der Waals surface area (Å²) in [5, 5.41) is 0. The van der Waals surface area contributed by atoms with Crippen LogP contribution in [0.2, 0.25) is 0 Å². The Bertz CT molecular complexity index is 14.9. The second-order valence-corrected chi connectivity index (χ2v) is 0. The fourth-order valence-electron chi connectivity index (χ4n) is 0. The van der Waals surface area contributed by atoms with Gasteiger partial charge in [-0.15, -0.1) is 12.4 Å². The van der Waals surface area contributed by atoms with Gasteiger partial charge in [0.05, 0.1) is 0 Å². The Morgan fingerprint density at radius 2 is 0.571 bits per heavy atom. The molecule has 5 nitrogen and oxygen atoms in total. The Morgan fingerprint density at radius 1 is 0.571 bits per heavy atom. The van der Waals surface area contributed by atoms with Crippen molar-refractivity contribution in [3.63, 3.8) is 0 Å². The van der Waals surface area contributed by atoms with Gasteiger partial charge in [-0.3, -0.25) is 0 Å². The Hall–Kier alpha value is 0.856. The van der Waals surface area contributed by atoms with Gasteiger partial charge in [-0.25, -0.2) is 0 Å². The van der Waals surface area contributed by atoms with Crippen molar-refractivity contribution < 1.29 is 30.2 Å². The third-order valence-corrected chi connectivity index (χ3v) is 0. The minimum atomic E-state index is 0. The SMILES string of the molecule is Cl.O.O.O.O.O.[H-].[H-].[Mg+2]. The summed E-state index contributed by atoms with van der Waals surface area (Å²) < 4.78 is 0. The molecule has 0 aliphatic heterocycles. The first-order valence-corrected chi connectivity index (χ1v) is 0. The van der Waals surface area contributed by atoms with Crippen LogP contribution < -0.4 is 0 Å². The molecule has 0 heterocycles. The van der Waals surface area contributed by atoms with E-state index >= 15 is 0 Å². The standard InChI is InChI=1S/ClH.Mg.5H2O.2H/h1H;;5*1H2;;/q;+2;;;;;;2*-1. The van der Waals surface area contributed by atoms with Crippen LogP contribution in [-0.4, -0.2) is 50.4 Å². The summed E-state index contributed by atoms with van der Waals surface area (Å²) in [6.07, 6.45) is 0. The second kappa shape index (κ2) is 321. The number of rotatable bonds is 0. The fourth-order valence-corrected chi connectivity index (χ4v) is 0. The van der Waals surface area contributed by atoms with Crippen molar-refractivity contribution in [2.45, 2.75) is 0 Å². The monoisotopic (exact) mass is 152 g/mol. The van der Waals surface area contributed by atoms with Crippen LogP contribution in [0, 0.1) is 0 Å². The van der Waals surface area contributed by atoms with E-state index in [9.17, 15) is 0 Å². The first kappa shape index (κ1) is 504. The molecule has 0 aliphatic carbocycles. The average Bonchev–Trinajstić information content (AvgIpc) is 0. The topological polar surface area (TPSA) is 158 Å².